The van der Waals surface area contributed by atoms with Crippen LogP contribution in [0.1, 0.15) is 73.1 Å². The van der Waals surface area contributed by atoms with E-state index in [2.05, 4.69) is 33.7 Å². The predicted molar refractivity (Wildman–Crippen MR) is 165 cm³/mol. The van der Waals surface area contributed by atoms with E-state index in [0.29, 0.717) is 12.6 Å². The van der Waals surface area contributed by atoms with Crippen LogP contribution in [0.25, 0.3) is 22.4 Å². The standard InChI is InChI=1S/C34H40N4O4/c1-36(2)33(39)24-10-15-26(16-11-24)37-20-6-9-28(37)22-42-29-17-12-23(13-18-29)32-35-30-21-25(34(40)41)14-19-31(30)38(32)27-7-4-3-5-8-27/h10-19,21,27-28,33,39H,3-9,20,22H2,1-2H3,(H,40,41)/t28-,33?/m0/s1. The van der Waals surface area contributed by atoms with Crippen molar-refractivity contribution in [2.45, 2.75) is 63.3 Å². The van der Waals surface area contributed by atoms with Crippen molar-refractivity contribution >= 4 is 22.7 Å². The summed E-state index contributed by atoms with van der Waals surface area (Å²) in [7, 11) is 3.73. The first-order chi connectivity index (χ1) is 20.4. The van der Waals surface area contributed by atoms with Crippen LogP contribution in [0.2, 0.25) is 0 Å². The molecule has 2 atom stereocenters. The molecule has 1 aliphatic carbocycles. The highest BCUT2D eigenvalue weighted by atomic mass is 16.5. The van der Waals surface area contributed by atoms with Gasteiger partial charge in [0, 0.05) is 23.8 Å². The highest BCUT2D eigenvalue weighted by Gasteiger charge is 2.26. The zero-order valence-electron chi connectivity index (χ0n) is 24.4. The Kier molecular flexibility index (Phi) is 8.18. The van der Waals surface area contributed by atoms with Gasteiger partial charge >= 0.3 is 5.97 Å². The third-order valence-corrected chi connectivity index (χ3v) is 8.82. The number of carbonyl (C=O) groups is 1. The second kappa shape index (κ2) is 12.2. The number of rotatable bonds is 9. The molecule has 6 rings (SSSR count). The van der Waals surface area contributed by atoms with Gasteiger partial charge in [0.1, 0.15) is 24.4 Å². The smallest absolute Gasteiger partial charge is 0.335 e. The fourth-order valence-corrected chi connectivity index (χ4v) is 6.52. The van der Waals surface area contributed by atoms with Crippen LogP contribution >= 0.6 is 0 Å². The maximum Gasteiger partial charge on any atom is 0.335 e. The number of ether oxygens (including phenoxy) is 1. The number of anilines is 1. The van der Waals surface area contributed by atoms with Gasteiger partial charge in [0.25, 0.3) is 0 Å². The summed E-state index contributed by atoms with van der Waals surface area (Å²) in [6, 6.07) is 22.3. The topological polar surface area (TPSA) is 91.1 Å². The lowest BCUT2D eigenvalue weighted by Crippen LogP contribution is -2.34. The highest BCUT2D eigenvalue weighted by Crippen LogP contribution is 2.37. The number of carboxylic acids is 1. The Bertz CT molecular complexity index is 1520. The number of imidazole rings is 1. The molecule has 1 unspecified atom stereocenters. The van der Waals surface area contributed by atoms with E-state index in [4.69, 9.17) is 9.72 Å². The van der Waals surface area contributed by atoms with Gasteiger partial charge in [0.2, 0.25) is 0 Å². The molecule has 0 bridgehead atoms. The molecule has 1 aliphatic heterocycles. The van der Waals surface area contributed by atoms with Crippen molar-refractivity contribution in [2.75, 3.05) is 32.1 Å². The lowest BCUT2D eigenvalue weighted by Gasteiger charge is -2.27. The molecular weight excluding hydrogens is 528 g/mol. The Morgan fingerprint density at radius 3 is 2.40 bits per heavy atom. The predicted octanol–water partition coefficient (Wildman–Crippen LogP) is 6.51. The second-order valence-corrected chi connectivity index (χ2v) is 11.9. The van der Waals surface area contributed by atoms with Gasteiger partial charge in [0.15, 0.2) is 0 Å². The minimum absolute atomic E-state index is 0.258. The summed E-state index contributed by atoms with van der Waals surface area (Å²) in [6.45, 7) is 1.59. The van der Waals surface area contributed by atoms with Crippen molar-refractivity contribution in [1.29, 1.82) is 0 Å². The van der Waals surface area contributed by atoms with Crippen molar-refractivity contribution in [3.8, 4) is 17.1 Å². The van der Waals surface area contributed by atoms with Crippen molar-refractivity contribution < 1.29 is 19.7 Å². The SMILES string of the molecule is CN(C)C(O)c1ccc(N2CCC[C@H]2COc2ccc(-c3nc4cc(C(=O)O)ccc4n3C3CCCCC3)cc2)cc1. The van der Waals surface area contributed by atoms with Crippen molar-refractivity contribution in [3.05, 3.63) is 77.9 Å². The normalized spacial score (nSPS) is 18.6. The van der Waals surface area contributed by atoms with Crippen LogP contribution < -0.4 is 9.64 Å². The molecule has 220 valence electrons. The molecule has 2 heterocycles. The van der Waals surface area contributed by atoms with E-state index < -0.39 is 12.2 Å². The first-order valence-corrected chi connectivity index (χ1v) is 15.1. The monoisotopic (exact) mass is 568 g/mol. The molecular formula is C34H40N4O4. The van der Waals surface area contributed by atoms with Crippen LogP contribution in [-0.2, 0) is 0 Å². The van der Waals surface area contributed by atoms with E-state index in [1.807, 2.05) is 44.4 Å². The first-order valence-electron chi connectivity index (χ1n) is 15.1. The molecule has 4 aromatic rings. The highest BCUT2D eigenvalue weighted by molar-refractivity contribution is 5.93. The van der Waals surface area contributed by atoms with Gasteiger partial charge in [-0.3, -0.25) is 4.90 Å². The number of aliphatic hydroxyl groups is 1. The molecule has 8 nitrogen and oxygen atoms in total. The lowest BCUT2D eigenvalue weighted by molar-refractivity contribution is 0.0395. The third-order valence-electron chi connectivity index (χ3n) is 8.82. The van der Waals surface area contributed by atoms with Crippen molar-refractivity contribution in [2.24, 2.45) is 0 Å². The van der Waals surface area contributed by atoms with Gasteiger partial charge in [0.05, 0.1) is 22.6 Å². The van der Waals surface area contributed by atoms with E-state index in [1.54, 1.807) is 17.0 Å². The molecule has 2 aliphatic rings. The summed E-state index contributed by atoms with van der Waals surface area (Å²) < 4.78 is 8.62. The number of carboxylic acid groups (broad SMARTS) is 1. The molecule has 2 fully saturated rings. The number of aliphatic hydroxyl groups excluding tert-OH is 1. The summed E-state index contributed by atoms with van der Waals surface area (Å²) in [4.78, 5) is 20.7. The van der Waals surface area contributed by atoms with Gasteiger partial charge in [-0.2, -0.15) is 0 Å². The fraction of sp³-hybridized carbons (Fsp3) is 0.412. The molecule has 0 radical (unpaired) electrons. The van der Waals surface area contributed by atoms with Gasteiger partial charge < -0.3 is 24.4 Å². The number of hydrogen-bond donors (Lipinski definition) is 2. The molecule has 0 spiro atoms. The second-order valence-electron chi connectivity index (χ2n) is 11.9. The van der Waals surface area contributed by atoms with Crippen LogP contribution in [0.15, 0.2) is 66.7 Å². The van der Waals surface area contributed by atoms with Crippen LogP contribution in [0, 0.1) is 0 Å². The Balaban J connectivity index is 1.18. The molecule has 0 amide bonds. The van der Waals surface area contributed by atoms with Crippen LogP contribution in [-0.4, -0.2) is 63.9 Å². The minimum atomic E-state index is -0.937. The van der Waals surface area contributed by atoms with Gasteiger partial charge in [-0.15, -0.1) is 0 Å². The van der Waals surface area contributed by atoms with E-state index in [0.717, 1.165) is 71.6 Å². The Morgan fingerprint density at radius 1 is 0.976 bits per heavy atom. The van der Waals surface area contributed by atoms with Crippen LogP contribution in [0.5, 0.6) is 5.75 Å². The van der Waals surface area contributed by atoms with E-state index in [1.165, 1.54) is 19.3 Å². The zero-order chi connectivity index (χ0) is 29.2. The Labute approximate surface area is 247 Å². The number of fused-ring (bicyclic) bond motifs is 1. The first kappa shape index (κ1) is 28.2. The van der Waals surface area contributed by atoms with E-state index in [-0.39, 0.29) is 11.6 Å². The van der Waals surface area contributed by atoms with Crippen LogP contribution in [0.3, 0.4) is 0 Å². The molecule has 1 saturated carbocycles. The molecule has 42 heavy (non-hydrogen) atoms. The summed E-state index contributed by atoms with van der Waals surface area (Å²) in [5.41, 5.74) is 5.01. The molecule has 1 saturated heterocycles. The van der Waals surface area contributed by atoms with Crippen molar-refractivity contribution in [3.63, 3.8) is 0 Å². The van der Waals surface area contributed by atoms with E-state index >= 15 is 0 Å². The fourth-order valence-electron chi connectivity index (χ4n) is 6.52. The van der Waals surface area contributed by atoms with Crippen LogP contribution in [0.4, 0.5) is 5.69 Å². The lowest BCUT2D eigenvalue weighted by atomic mass is 9.95. The molecule has 8 heteroatoms. The quantitative estimate of drug-likeness (QED) is 0.223. The number of nitrogens with zero attached hydrogens (tertiary/aromatic N) is 4. The number of aromatic nitrogens is 2. The summed E-state index contributed by atoms with van der Waals surface area (Å²) in [5.74, 6) is 0.771. The average Bonchev–Trinajstić information content (AvgIpc) is 3.65. The van der Waals surface area contributed by atoms with Gasteiger partial charge in [-0.1, -0.05) is 31.4 Å². The van der Waals surface area contributed by atoms with E-state index in [9.17, 15) is 15.0 Å². The third kappa shape index (κ3) is 5.74. The summed E-state index contributed by atoms with van der Waals surface area (Å²) in [6.07, 6.45) is 7.46. The number of aromatic carboxylic acids is 1. The zero-order valence-corrected chi connectivity index (χ0v) is 24.4. The molecule has 1 aromatic heterocycles. The minimum Gasteiger partial charge on any atom is -0.491 e. The largest absolute Gasteiger partial charge is 0.491 e. The maximum absolute atomic E-state index is 11.6. The number of hydrogen-bond acceptors (Lipinski definition) is 6. The molecule has 2 N–H and O–H groups in total. The number of benzene rings is 3. The average molecular weight is 569 g/mol. The summed E-state index contributed by atoms with van der Waals surface area (Å²) >= 11 is 0. The summed E-state index contributed by atoms with van der Waals surface area (Å²) in [5, 5.41) is 19.8. The Morgan fingerprint density at radius 2 is 1.71 bits per heavy atom. The maximum atomic E-state index is 11.6. The Hall–Kier alpha value is -3.88. The van der Waals surface area contributed by atoms with Gasteiger partial charge in [-0.05, 0) is 99.9 Å². The van der Waals surface area contributed by atoms with Crippen molar-refractivity contribution in [1.82, 2.24) is 14.5 Å². The molecule has 3 aromatic carbocycles. The van der Waals surface area contributed by atoms with Gasteiger partial charge in [-0.25, -0.2) is 9.78 Å².